The van der Waals surface area contributed by atoms with E-state index in [4.69, 9.17) is 10.5 Å². The number of rotatable bonds is 8. The summed E-state index contributed by atoms with van der Waals surface area (Å²) in [5.41, 5.74) is 4.89. The molecular formula is C9H18N2O3. The Kier molecular flexibility index (Phi) is 7.83. The molecule has 0 aromatic carbocycles. The van der Waals surface area contributed by atoms with Crippen molar-refractivity contribution in [2.75, 3.05) is 19.8 Å². The van der Waals surface area contributed by atoms with Gasteiger partial charge in [0.05, 0.1) is 6.61 Å². The second kappa shape index (κ2) is 8.50. The molecule has 2 amide bonds. The van der Waals surface area contributed by atoms with Crippen LogP contribution in [0.2, 0.25) is 0 Å². The average molecular weight is 202 g/mol. The van der Waals surface area contributed by atoms with E-state index in [0.29, 0.717) is 19.8 Å². The van der Waals surface area contributed by atoms with E-state index in [1.165, 1.54) is 0 Å². The van der Waals surface area contributed by atoms with Crippen LogP contribution in [0.3, 0.4) is 0 Å². The van der Waals surface area contributed by atoms with Crippen molar-refractivity contribution in [2.45, 2.75) is 26.2 Å². The molecule has 14 heavy (non-hydrogen) atoms. The molecule has 3 N–H and O–H groups in total. The molecular weight excluding hydrogens is 184 g/mol. The predicted molar refractivity (Wildman–Crippen MR) is 52.5 cm³/mol. The summed E-state index contributed by atoms with van der Waals surface area (Å²) in [6.07, 6.45) is 1.22. The van der Waals surface area contributed by atoms with Gasteiger partial charge in [-0.2, -0.15) is 0 Å². The third-order valence-electron chi connectivity index (χ3n) is 1.52. The van der Waals surface area contributed by atoms with Gasteiger partial charge in [0.25, 0.3) is 0 Å². The van der Waals surface area contributed by atoms with Crippen LogP contribution < -0.4 is 11.1 Å². The second-order valence-electron chi connectivity index (χ2n) is 2.93. The highest BCUT2D eigenvalue weighted by molar-refractivity contribution is 5.82. The van der Waals surface area contributed by atoms with Crippen molar-refractivity contribution in [1.29, 1.82) is 0 Å². The smallest absolute Gasteiger partial charge is 0.220 e. The summed E-state index contributed by atoms with van der Waals surface area (Å²) in [4.78, 5) is 21.3. The number of primary amides is 1. The lowest BCUT2D eigenvalue weighted by atomic mass is 10.3. The zero-order chi connectivity index (χ0) is 10.8. The van der Waals surface area contributed by atoms with Crippen LogP contribution in [0.1, 0.15) is 26.2 Å². The first-order valence-corrected chi connectivity index (χ1v) is 4.79. The van der Waals surface area contributed by atoms with Crippen molar-refractivity contribution in [1.82, 2.24) is 5.32 Å². The fourth-order valence-electron chi connectivity index (χ4n) is 0.834. The van der Waals surface area contributed by atoms with E-state index < -0.39 is 5.91 Å². The fraction of sp³-hybridized carbons (Fsp3) is 0.778. The van der Waals surface area contributed by atoms with Gasteiger partial charge in [-0.3, -0.25) is 9.59 Å². The van der Waals surface area contributed by atoms with E-state index in [1.54, 1.807) is 0 Å². The first-order valence-electron chi connectivity index (χ1n) is 4.79. The molecule has 0 saturated heterocycles. The fourth-order valence-corrected chi connectivity index (χ4v) is 0.834. The van der Waals surface area contributed by atoms with Gasteiger partial charge in [0.2, 0.25) is 11.8 Å². The number of carbonyl (C=O) groups is 2. The van der Waals surface area contributed by atoms with Crippen LogP contribution >= 0.6 is 0 Å². The van der Waals surface area contributed by atoms with E-state index in [-0.39, 0.29) is 18.7 Å². The summed E-state index contributed by atoms with van der Waals surface area (Å²) < 4.78 is 5.15. The van der Waals surface area contributed by atoms with Crippen molar-refractivity contribution in [2.24, 2.45) is 5.73 Å². The largest absolute Gasteiger partial charge is 0.380 e. The quantitative estimate of drug-likeness (QED) is 0.534. The molecule has 0 aliphatic heterocycles. The van der Waals surface area contributed by atoms with Gasteiger partial charge in [-0.15, -0.1) is 0 Å². The monoisotopic (exact) mass is 202 g/mol. The Balaban J connectivity index is 3.22. The zero-order valence-corrected chi connectivity index (χ0v) is 8.54. The molecule has 0 bridgehead atoms. The number of carbonyl (C=O) groups excluding carboxylic acids is 2. The number of ether oxygens (including phenoxy) is 1. The predicted octanol–water partition coefficient (Wildman–Crippen LogP) is -0.205. The van der Waals surface area contributed by atoms with Crippen LogP contribution in [0.4, 0.5) is 0 Å². The summed E-state index contributed by atoms with van der Waals surface area (Å²) in [5, 5.41) is 2.63. The molecule has 0 radical (unpaired) electrons. The van der Waals surface area contributed by atoms with E-state index in [2.05, 4.69) is 5.32 Å². The number of hydrogen-bond acceptors (Lipinski definition) is 3. The maximum Gasteiger partial charge on any atom is 0.220 e. The first kappa shape index (κ1) is 12.9. The van der Waals surface area contributed by atoms with Crippen LogP contribution in [-0.2, 0) is 14.3 Å². The van der Waals surface area contributed by atoms with Crippen LogP contribution in [0.25, 0.3) is 0 Å². The Morgan fingerprint density at radius 2 is 2.00 bits per heavy atom. The molecule has 0 aliphatic rings. The van der Waals surface area contributed by atoms with Crippen LogP contribution in [-0.4, -0.2) is 31.6 Å². The van der Waals surface area contributed by atoms with Crippen molar-refractivity contribution in [3.8, 4) is 0 Å². The third-order valence-corrected chi connectivity index (χ3v) is 1.52. The average Bonchev–Trinajstić information content (AvgIpc) is 2.14. The van der Waals surface area contributed by atoms with Gasteiger partial charge in [-0.1, -0.05) is 6.92 Å². The molecule has 5 heteroatoms. The molecule has 0 rings (SSSR count). The summed E-state index contributed by atoms with van der Waals surface area (Å²) in [6, 6.07) is 0. The first-order chi connectivity index (χ1) is 6.66. The Morgan fingerprint density at radius 3 is 2.57 bits per heavy atom. The van der Waals surface area contributed by atoms with Gasteiger partial charge in [0.15, 0.2) is 0 Å². The topological polar surface area (TPSA) is 81.4 Å². The van der Waals surface area contributed by atoms with Gasteiger partial charge in [-0.05, 0) is 6.42 Å². The number of nitrogens with two attached hydrogens (primary N) is 1. The lowest BCUT2D eigenvalue weighted by Gasteiger charge is -2.04. The maximum absolute atomic E-state index is 11.0. The van der Waals surface area contributed by atoms with Crippen LogP contribution in [0.5, 0.6) is 0 Å². The Morgan fingerprint density at radius 1 is 1.29 bits per heavy atom. The Labute approximate surface area is 84.0 Å². The zero-order valence-electron chi connectivity index (χ0n) is 8.54. The lowest BCUT2D eigenvalue weighted by molar-refractivity contribution is -0.125. The molecule has 0 aromatic rings. The highest BCUT2D eigenvalue weighted by atomic mass is 16.5. The van der Waals surface area contributed by atoms with Crippen molar-refractivity contribution in [3.63, 3.8) is 0 Å². The second-order valence-corrected chi connectivity index (χ2v) is 2.93. The normalized spacial score (nSPS) is 9.79. The van der Waals surface area contributed by atoms with E-state index in [9.17, 15) is 9.59 Å². The Hall–Kier alpha value is -1.10. The third kappa shape index (κ3) is 8.99. The highest BCUT2D eigenvalue weighted by Gasteiger charge is 2.02. The van der Waals surface area contributed by atoms with E-state index in [1.807, 2.05) is 6.92 Å². The molecule has 0 aromatic heterocycles. The minimum Gasteiger partial charge on any atom is -0.380 e. The lowest BCUT2D eigenvalue weighted by Crippen LogP contribution is -2.28. The van der Waals surface area contributed by atoms with Crippen molar-refractivity contribution in [3.05, 3.63) is 0 Å². The highest BCUT2D eigenvalue weighted by Crippen LogP contribution is 1.86. The summed E-state index contributed by atoms with van der Waals surface area (Å²) in [6.45, 7) is 3.72. The number of hydrogen-bond donors (Lipinski definition) is 2. The van der Waals surface area contributed by atoms with Crippen LogP contribution in [0.15, 0.2) is 0 Å². The molecule has 0 fully saturated rings. The number of amides is 2. The van der Waals surface area contributed by atoms with Gasteiger partial charge >= 0.3 is 0 Å². The number of nitrogens with one attached hydrogen (secondary N) is 1. The summed E-state index contributed by atoms with van der Waals surface area (Å²) in [7, 11) is 0. The minimum absolute atomic E-state index is 0.0989. The molecule has 5 nitrogen and oxygen atoms in total. The van der Waals surface area contributed by atoms with Crippen molar-refractivity contribution < 1.29 is 14.3 Å². The SMILES string of the molecule is CCCOCCNC(=O)CCC(N)=O. The molecule has 0 unspecified atom stereocenters. The molecule has 0 heterocycles. The molecule has 0 atom stereocenters. The maximum atomic E-state index is 11.0. The van der Waals surface area contributed by atoms with E-state index >= 15 is 0 Å². The van der Waals surface area contributed by atoms with Gasteiger partial charge in [0, 0.05) is 26.0 Å². The molecule has 82 valence electrons. The van der Waals surface area contributed by atoms with E-state index in [0.717, 1.165) is 6.42 Å². The van der Waals surface area contributed by atoms with Gasteiger partial charge < -0.3 is 15.8 Å². The standard InChI is InChI=1S/C9H18N2O3/c1-2-6-14-7-5-11-9(13)4-3-8(10)12/h2-7H2,1H3,(H2,10,12)(H,11,13). The summed E-state index contributed by atoms with van der Waals surface area (Å²) in [5.74, 6) is -0.619. The van der Waals surface area contributed by atoms with Crippen LogP contribution in [0, 0.1) is 0 Å². The minimum atomic E-state index is -0.456. The van der Waals surface area contributed by atoms with Crippen molar-refractivity contribution >= 4 is 11.8 Å². The van der Waals surface area contributed by atoms with Gasteiger partial charge in [0.1, 0.15) is 0 Å². The molecule has 0 aliphatic carbocycles. The molecule has 0 saturated carbocycles. The summed E-state index contributed by atoms with van der Waals surface area (Å²) >= 11 is 0. The van der Waals surface area contributed by atoms with Gasteiger partial charge in [-0.25, -0.2) is 0 Å². The Bertz CT molecular complexity index is 183. The molecule has 0 spiro atoms.